The fourth-order valence-corrected chi connectivity index (χ4v) is 2.27. The number of benzene rings is 1. The van der Waals surface area contributed by atoms with Crippen LogP contribution in [0.25, 0.3) is 0 Å². The summed E-state index contributed by atoms with van der Waals surface area (Å²) < 4.78 is 13.5. The van der Waals surface area contributed by atoms with Crippen LogP contribution in [0.15, 0.2) is 29.6 Å². The molecule has 0 unspecified atom stereocenters. The Labute approximate surface area is 92.4 Å². The van der Waals surface area contributed by atoms with Crippen LogP contribution in [-0.2, 0) is 6.42 Å². The summed E-state index contributed by atoms with van der Waals surface area (Å²) in [6, 6.07) is 7.57. The zero-order chi connectivity index (χ0) is 10.8. The predicted octanol–water partition coefficient (Wildman–Crippen LogP) is 3.37. The Bertz CT molecular complexity index is 476. The van der Waals surface area contributed by atoms with Crippen LogP contribution in [0.1, 0.15) is 16.0 Å². The standard InChI is InChI=1S/C12H12FNS/c1-8-12(13)10(7-15-8)5-9-3-2-4-11(14)6-9/h2-4,6-7H,5,14H2,1H3. The van der Waals surface area contributed by atoms with Crippen LogP contribution in [0.4, 0.5) is 10.1 Å². The van der Waals surface area contributed by atoms with Gasteiger partial charge in [-0.3, -0.25) is 0 Å². The Balaban J connectivity index is 2.26. The number of aryl methyl sites for hydroxylation is 1. The van der Waals surface area contributed by atoms with Gasteiger partial charge in [0.1, 0.15) is 5.82 Å². The van der Waals surface area contributed by atoms with E-state index in [0.717, 1.165) is 21.7 Å². The maximum Gasteiger partial charge on any atom is 0.140 e. The minimum Gasteiger partial charge on any atom is -0.399 e. The third-order valence-electron chi connectivity index (χ3n) is 2.31. The number of hydrogen-bond acceptors (Lipinski definition) is 2. The number of halogens is 1. The van der Waals surface area contributed by atoms with Gasteiger partial charge >= 0.3 is 0 Å². The van der Waals surface area contributed by atoms with E-state index in [1.54, 1.807) is 6.92 Å². The third-order valence-corrected chi connectivity index (χ3v) is 3.25. The van der Waals surface area contributed by atoms with E-state index in [0.29, 0.717) is 6.42 Å². The van der Waals surface area contributed by atoms with Gasteiger partial charge in [0.15, 0.2) is 0 Å². The van der Waals surface area contributed by atoms with Crippen LogP contribution in [-0.4, -0.2) is 0 Å². The molecule has 1 heterocycles. The number of nitrogen functional groups attached to an aromatic ring is 1. The lowest BCUT2D eigenvalue weighted by Gasteiger charge is -2.01. The molecule has 0 fully saturated rings. The summed E-state index contributed by atoms with van der Waals surface area (Å²) in [7, 11) is 0. The molecule has 2 aromatic rings. The molecule has 0 aliphatic carbocycles. The molecule has 0 radical (unpaired) electrons. The molecule has 78 valence electrons. The van der Waals surface area contributed by atoms with Crippen LogP contribution in [0.2, 0.25) is 0 Å². The van der Waals surface area contributed by atoms with E-state index in [1.165, 1.54) is 11.3 Å². The van der Waals surface area contributed by atoms with Crippen molar-refractivity contribution in [2.75, 3.05) is 5.73 Å². The van der Waals surface area contributed by atoms with E-state index in [1.807, 2.05) is 29.6 Å². The molecule has 1 nitrogen and oxygen atoms in total. The molecule has 2 N–H and O–H groups in total. The monoisotopic (exact) mass is 221 g/mol. The molecule has 2 rings (SSSR count). The maximum absolute atomic E-state index is 13.5. The zero-order valence-electron chi connectivity index (χ0n) is 8.46. The molecule has 0 saturated carbocycles. The molecule has 0 atom stereocenters. The summed E-state index contributed by atoms with van der Waals surface area (Å²) in [5.74, 6) is -0.0811. The number of thiophene rings is 1. The van der Waals surface area contributed by atoms with Gasteiger partial charge in [-0.1, -0.05) is 12.1 Å². The molecule has 1 aromatic carbocycles. The average molecular weight is 221 g/mol. The van der Waals surface area contributed by atoms with Crippen LogP contribution in [0, 0.1) is 12.7 Å². The topological polar surface area (TPSA) is 26.0 Å². The van der Waals surface area contributed by atoms with E-state index in [-0.39, 0.29) is 5.82 Å². The Morgan fingerprint density at radius 2 is 2.20 bits per heavy atom. The van der Waals surface area contributed by atoms with E-state index in [9.17, 15) is 4.39 Å². The Morgan fingerprint density at radius 3 is 2.80 bits per heavy atom. The van der Waals surface area contributed by atoms with Gasteiger partial charge in [0.2, 0.25) is 0 Å². The summed E-state index contributed by atoms with van der Waals surface area (Å²) in [4.78, 5) is 0.744. The summed E-state index contributed by atoms with van der Waals surface area (Å²) in [5.41, 5.74) is 8.19. The average Bonchev–Trinajstić information content (AvgIpc) is 2.50. The lowest BCUT2D eigenvalue weighted by Crippen LogP contribution is -1.91. The van der Waals surface area contributed by atoms with Crippen molar-refractivity contribution >= 4 is 17.0 Å². The molecule has 0 saturated heterocycles. The highest BCUT2D eigenvalue weighted by atomic mass is 32.1. The molecular weight excluding hydrogens is 209 g/mol. The van der Waals surface area contributed by atoms with Crippen LogP contribution in [0.5, 0.6) is 0 Å². The first-order valence-corrected chi connectivity index (χ1v) is 5.61. The highest BCUT2D eigenvalue weighted by Gasteiger charge is 2.08. The van der Waals surface area contributed by atoms with Crippen molar-refractivity contribution in [3.63, 3.8) is 0 Å². The first kappa shape index (κ1) is 10.2. The van der Waals surface area contributed by atoms with Crippen molar-refractivity contribution in [1.29, 1.82) is 0 Å². The van der Waals surface area contributed by atoms with Crippen molar-refractivity contribution in [3.8, 4) is 0 Å². The third kappa shape index (κ3) is 2.18. The van der Waals surface area contributed by atoms with Crippen molar-refractivity contribution in [1.82, 2.24) is 0 Å². The summed E-state index contributed by atoms with van der Waals surface area (Å²) >= 11 is 1.45. The van der Waals surface area contributed by atoms with Crippen molar-refractivity contribution < 1.29 is 4.39 Å². The minimum absolute atomic E-state index is 0.0811. The van der Waals surface area contributed by atoms with Crippen LogP contribution < -0.4 is 5.73 Å². The van der Waals surface area contributed by atoms with Gasteiger partial charge in [-0.05, 0) is 30.0 Å². The fraction of sp³-hybridized carbons (Fsp3) is 0.167. The van der Waals surface area contributed by atoms with E-state index in [4.69, 9.17) is 5.73 Å². The normalized spacial score (nSPS) is 10.5. The lowest BCUT2D eigenvalue weighted by atomic mass is 10.1. The van der Waals surface area contributed by atoms with Gasteiger partial charge in [-0.15, -0.1) is 11.3 Å². The lowest BCUT2D eigenvalue weighted by molar-refractivity contribution is 0.613. The van der Waals surface area contributed by atoms with Crippen LogP contribution >= 0.6 is 11.3 Å². The second-order valence-corrected chi connectivity index (χ2v) is 4.64. The zero-order valence-corrected chi connectivity index (χ0v) is 9.27. The van der Waals surface area contributed by atoms with Gasteiger partial charge in [-0.25, -0.2) is 4.39 Å². The van der Waals surface area contributed by atoms with Crippen LogP contribution in [0.3, 0.4) is 0 Å². The second kappa shape index (κ2) is 4.03. The van der Waals surface area contributed by atoms with Gasteiger partial charge in [-0.2, -0.15) is 0 Å². The molecule has 0 amide bonds. The first-order valence-electron chi connectivity index (χ1n) is 4.73. The number of hydrogen-bond donors (Lipinski definition) is 1. The van der Waals surface area contributed by atoms with Crippen molar-refractivity contribution in [3.05, 3.63) is 51.5 Å². The largest absolute Gasteiger partial charge is 0.399 e. The number of anilines is 1. The number of rotatable bonds is 2. The SMILES string of the molecule is Cc1scc(Cc2cccc(N)c2)c1F. The van der Waals surface area contributed by atoms with Crippen molar-refractivity contribution in [2.24, 2.45) is 0 Å². The highest BCUT2D eigenvalue weighted by Crippen LogP contribution is 2.22. The molecule has 15 heavy (non-hydrogen) atoms. The molecule has 3 heteroatoms. The fourth-order valence-electron chi connectivity index (χ4n) is 1.53. The molecule has 0 aliphatic heterocycles. The molecule has 0 spiro atoms. The first-order chi connectivity index (χ1) is 7.16. The summed E-state index contributed by atoms with van der Waals surface area (Å²) in [5, 5.41) is 1.87. The van der Waals surface area contributed by atoms with Gasteiger partial charge in [0.25, 0.3) is 0 Å². The maximum atomic E-state index is 13.5. The van der Waals surface area contributed by atoms with Gasteiger partial charge < -0.3 is 5.73 Å². The van der Waals surface area contributed by atoms with Gasteiger partial charge in [0, 0.05) is 22.5 Å². The number of nitrogens with two attached hydrogens (primary N) is 1. The quantitative estimate of drug-likeness (QED) is 0.773. The molecular formula is C12H12FNS. The summed E-state index contributed by atoms with van der Waals surface area (Å²) in [6.07, 6.45) is 0.612. The molecule has 1 aromatic heterocycles. The molecule has 0 bridgehead atoms. The summed E-state index contributed by atoms with van der Waals surface area (Å²) in [6.45, 7) is 1.79. The Kier molecular flexibility index (Phi) is 2.73. The molecule has 0 aliphatic rings. The van der Waals surface area contributed by atoms with E-state index < -0.39 is 0 Å². The van der Waals surface area contributed by atoms with Gasteiger partial charge in [0.05, 0.1) is 0 Å². The van der Waals surface area contributed by atoms with E-state index >= 15 is 0 Å². The van der Waals surface area contributed by atoms with Crippen molar-refractivity contribution in [2.45, 2.75) is 13.3 Å². The Hall–Kier alpha value is -1.35. The minimum atomic E-state index is -0.0811. The predicted molar refractivity (Wildman–Crippen MR) is 62.7 cm³/mol. The second-order valence-electron chi connectivity index (χ2n) is 3.55. The Morgan fingerprint density at radius 1 is 1.40 bits per heavy atom. The smallest absolute Gasteiger partial charge is 0.140 e. The highest BCUT2D eigenvalue weighted by molar-refractivity contribution is 7.10. The van der Waals surface area contributed by atoms with E-state index in [2.05, 4.69) is 0 Å².